The van der Waals surface area contributed by atoms with Gasteiger partial charge < -0.3 is 5.32 Å². The van der Waals surface area contributed by atoms with Gasteiger partial charge in [-0.1, -0.05) is 51.0 Å². The molecule has 1 rings (SSSR count). The van der Waals surface area contributed by atoms with E-state index in [9.17, 15) is 4.21 Å². The van der Waals surface area contributed by atoms with Crippen LogP contribution in [0, 0.1) is 6.92 Å². The Morgan fingerprint density at radius 2 is 1.95 bits per heavy atom. The van der Waals surface area contributed by atoms with Crippen molar-refractivity contribution >= 4 is 10.8 Å². The third kappa shape index (κ3) is 5.87. The number of unbranched alkanes of at least 4 members (excludes halogenated alkanes) is 2. The van der Waals surface area contributed by atoms with Crippen LogP contribution in [0.15, 0.2) is 24.3 Å². The Hall–Kier alpha value is -0.670. The molecule has 0 amide bonds. The molecule has 1 aromatic rings. The molecule has 2 unspecified atom stereocenters. The van der Waals surface area contributed by atoms with Crippen molar-refractivity contribution in [3.8, 4) is 0 Å². The first-order valence-corrected chi connectivity index (χ1v) is 8.81. The molecule has 0 aliphatic carbocycles. The van der Waals surface area contributed by atoms with Gasteiger partial charge in [0.2, 0.25) is 0 Å². The molecular formula is C16H27NOS. The maximum atomic E-state index is 12.2. The standard InChI is InChI=1S/C16H27NOS/c1-4-6-9-12-19(18)13-16(17-5-2)15-11-8-7-10-14(15)3/h7-8,10-11,16-17H,4-6,9,12-13H2,1-3H3. The Morgan fingerprint density at radius 1 is 1.21 bits per heavy atom. The lowest BCUT2D eigenvalue weighted by molar-refractivity contribution is 0.591. The van der Waals surface area contributed by atoms with Crippen LogP contribution in [0.5, 0.6) is 0 Å². The number of hydrogen-bond acceptors (Lipinski definition) is 2. The van der Waals surface area contributed by atoms with Gasteiger partial charge in [-0.3, -0.25) is 4.21 Å². The predicted octanol–water partition coefficient (Wildman–Crippen LogP) is 3.58. The van der Waals surface area contributed by atoms with E-state index >= 15 is 0 Å². The van der Waals surface area contributed by atoms with Gasteiger partial charge in [-0.05, 0) is 31.0 Å². The molecule has 19 heavy (non-hydrogen) atoms. The van der Waals surface area contributed by atoms with Gasteiger partial charge in [0.1, 0.15) is 0 Å². The molecule has 0 bridgehead atoms. The van der Waals surface area contributed by atoms with Crippen LogP contribution >= 0.6 is 0 Å². The van der Waals surface area contributed by atoms with Crippen LogP contribution in [0.25, 0.3) is 0 Å². The van der Waals surface area contributed by atoms with Gasteiger partial charge >= 0.3 is 0 Å². The van der Waals surface area contributed by atoms with Gasteiger partial charge in [0, 0.05) is 28.3 Å². The number of nitrogens with one attached hydrogen (secondary N) is 1. The lowest BCUT2D eigenvalue weighted by Gasteiger charge is -2.20. The topological polar surface area (TPSA) is 29.1 Å². The largest absolute Gasteiger partial charge is 0.309 e. The van der Waals surface area contributed by atoms with E-state index in [-0.39, 0.29) is 6.04 Å². The maximum absolute atomic E-state index is 12.2. The highest BCUT2D eigenvalue weighted by Crippen LogP contribution is 2.18. The summed E-state index contributed by atoms with van der Waals surface area (Å²) in [4.78, 5) is 0. The fraction of sp³-hybridized carbons (Fsp3) is 0.625. The highest BCUT2D eigenvalue weighted by Gasteiger charge is 2.15. The highest BCUT2D eigenvalue weighted by molar-refractivity contribution is 7.85. The molecule has 2 nitrogen and oxygen atoms in total. The van der Waals surface area contributed by atoms with E-state index in [0.717, 1.165) is 24.5 Å². The maximum Gasteiger partial charge on any atom is 0.0439 e. The summed E-state index contributed by atoms with van der Waals surface area (Å²) in [6.07, 6.45) is 3.45. The molecule has 0 saturated heterocycles. The van der Waals surface area contributed by atoms with E-state index in [0.29, 0.717) is 0 Å². The van der Waals surface area contributed by atoms with E-state index in [1.165, 1.54) is 24.0 Å². The zero-order valence-electron chi connectivity index (χ0n) is 12.4. The second-order valence-corrected chi connectivity index (χ2v) is 6.61. The van der Waals surface area contributed by atoms with Crippen LogP contribution in [-0.2, 0) is 10.8 Å². The molecule has 3 heteroatoms. The number of rotatable bonds is 9. The Labute approximate surface area is 120 Å². The Balaban J connectivity index is 2.63. The van der Waals surface area contributed by atoms with Crippen molar-refractivity contribution in [3.63, 3.8) is 0 Å². The second kappa shape index (κ2) is 9.27. The van der Waals surface area contributed by atoms with Crippen LogP contribution in [0.2, 0.25) is 0 Å². The van der Waals surface area contributed by atoms with Gasteiger partial charge in [0.05, 0.1) is 0 Å². The molecule has 0 spiro atoms. The molecule has 0 fully saturated rings. The Morgan fingerprint density at radius 3 is 2.58 bits per heavy atom. The van der Waals surface area contributed by atoms with Crippen molar-refractivity contribution in [2.75, 3.05) is 18.1 Å². The summed E-state index contributed by atoms with van der Waals surface area (Å²) in [6, 6.07) is 8.60. The van der Waals surface area contributed by atoms with E-state index in [1.807, 2.05) is 0 Å². The molecule has 1 aromatic carbocycles. The highest BCUT2D eigenvalue weighted by atomic mass is 32.2. The van der Waals surface area contributed by atoms with E-state index in [4.69, 9.17) is 0 Å². The summed E-state index contributed by atoms with van der Waals surface area (Å²) in [6.45, 7) is 7.31. The number of benzene rings is 1. The van der Waals surface area contributed by atoms with Gasteiger partial charge in [0.15, 0.2) is 0 Å². The summed E-state index contributed by atoms with van der Waals surface area (Å²) in [5.74, 6) is 1.56. The van der Waals surface area contributed by atoms with Crippen molar-refractivity contribution in [2.45, 2.75) is 46.1 Å². The van der Waals surface area contributed by atoms with E-state index in [2.05, 4.69) is 50.4 Å². The molecule has 0 aliphatic rings. The monoisotopic (exact) mass is 281 g/mol. The van der Waals surface area contributed by atoms with Crippen LogP contribution in [0.1, 0.15) is 50.3 Å². The third-order valence-corrected chi connectivity index (χ3v) is 4.79. The van der Waals surface area contributed by atoms with Crippen LogP contribution < -0.4 is 5.32 Å². The number of aryl methyl sites for hydroxylation is 1. The van der Waals surface area contributed by atoms with E-state index < -0.39 is 10.8 Å². The normalized spacial score (nSPS) is 14.3. The average molecular weight is 281 g/mol. The number of hydrogen-bond donors (Lipinski definition) is 1. The fourth-order valence-electron chi connectivity index (χ4n) is 2.27. The minimum Gasteiger partial charge on any atom is -0.309 e. The van der Waals surface area contributed by atoms with Crippen molar-refractivity contribution in [2.24, 2.45) is 0 Å². The van der Waals surface area contributed by atoms with Crippen LogP contribution in [0.4, 0.5) is 0 Å². The summed E-state index contributed by atoms with van der Waals surface area (Å²) in [7, 11) is -0.724. The van der Waals surface area contributed by atoms with Gasteiger partial charge in [-0.25, -0.2) is 0 Å². The average Bonchev–Trinajstić information content (AvgIpc) is 2.39. The lowest BCUT2D eigenvalue weighted by Crippen LogP contribution is -2.27. The lowest BCUT2D eigenvalue weighted by atomic mass is 10.0. The molecule has 108 valence electrons. The van der Waals surface area contributed by atoms with Gasteiger partial charge in [-0.15, -0.1) is 0 Å². The van der Waals surface area contributed by atoms with Crippen LogP contribution in [-0.4, -0.2) is 22.3 Å². The minimum atomic E-state index is -0.724. The molecule has 0 aliphatic heterocycles. The van der Waals surface area contributed by atoms with Gasteiger partial charge in [-0.2, -0.15) is 0 Å². The Kier molecular flexibility index (Phi) is 7.99. The third-order valence-electron chi connectivity index (χ3n) is 3.34. The van der Waals surface area contributed by atoms with Crippen molar-refractivity contribution in [1.29, 1.82) is 0 Å². The summed E-state index contributed by atoms with van der Waals surface area (Å²) in [5, 5.41) is 3.47. The minimum absolute atomic E-state index is 0.216. The van der Waals surface area contributed by atoms with Crippen molar-refractivity contribution < 1.29 is 4.21 Å². The molecular weight excluding hydrogens is 254 g/mol. The molecule has 0 saturated carbocycles. The predicted molar refractivity (Wildman–Crippen MR) is 85.0 cm³/mol. The summed E-state index contributed by atoms with van der Waals surface area (Å²) >= 11 is 0. The van der Waals surface area contributed by atoms with Gasteiger partial charge in [0.25, 0.3) is 0 Å². The first kappa shape index (κ1) is 16.4. The molecule has 0 radical (unpaired) electrons. The fourth-order valence-corrected chi connectivity index (χ4v) is 3.63. The van der Waals surface area contributed by atoms with Crippen molar-refractivity contribution in [1.82, 2.24) is 5.32 Å². The SMILES string of the molecule is CCCCCS(=O)CC(NCC)c1ccccc1C. The summed E-state index contributed by atoms with van der Waals surface area (Å²) in [5.41, 5.74) is 2.56. The molecule has 0 heterocycles. The molecule has 1 N–H and O–H groups in total. The molecule has 0 aromatic heterocycles. The van der Waals surface area contributed by atoms with Crippen LogP contribution in [0.3, 0.4) is 0 Å². The first-order valence-electron chi connectivity index (χ1n) is 7.32. The second-order valence-electron chi connectivity index (χ2n) is 4.98. The summed E-state index contributed by atoms with van der Waals surface area (Å²) < 4.78 is 12.2. The van der Waals surface area contributed by atoms with Crippen molar-refractivity contribution in [3.05, 3.63) is 35.4 Å². The molecule has 2 atom stereocenters. The Bertz CT molecular complexity index is 392. The zero-order valence-corrected chi connectivity index (χ0v) is 13.3. The smallest absolute Gasteiger partial charge is 0.0439 e. The zero-order chi connectivity index (χ0) is 14.1. The van der Waals surface area contributed by atoms with E-state index in [1.54, 1.807) is 0 Å². The quantitative estimate of drug-likeness (QED) is 0.701. The first-order chi connectivity index (χ1) is 9.19.